The molecule has 4 nitrogen and oxygen atoms in total. The van der Waals surface area contributed by atoms with Crippen LogP contribution in [0.1, 0.15) is 10.4 Å². The molecule has 0 aliphatic carbocycles. The summed E-state index contributed by atoms with van der Waals surface area (Å²) in [6.07, 6.45) is -3.25. The van der Waals surface area contributed by atoms with Crippen molar-refractivity contribution in [2.75, 3.05) is 0 Å². The van der Waals surface area contributed by atoms with E-state index in [1.54, 1.807) is 0 Å². The second-order valence-electron chi connectivity index (χ2n) is 2.58. The minimum absolute atomic E-state index is 0.347. The van der Waals surface area contributed by atoms with Gasteiger partial charge in [-0.05, 0) is 12.1 Å². The Hall–Kier alpha value is -1.37. The molecule has 80 valence electrons. The lowest BCUT2D eigenvalue weighted by atomic mass is 10.1. The number of hydrogen-bond acceptors (Lipinski definition) is 3. The van der Waals surface area contributed by atoms with Crippen molar-refractivity contribution >= 4 is 27.4 Å². The number of benzene rings is 1. The summed E-state index contributed by atoms with van der Waals surface area (Å²) in [6, 6.07) is 3.30. The van der Waals surface area contributed by atoms with Crippen molar-refractivity contribution in [1.82, 2.24) is 0 Å². The summed E-state index contributed by atoms with van der Waals surface area (Å²) >= 11 is 2.95. The molecule has 0 fully saturated rings. The Morgan fingerprint density at radius 3 is 2.53 bits per heavy atom. The summed E-state index contributed by atoms with van der Waals surface area (Å²) in [6.45, 7) is 0. The van der Waals surface area contributed by atoms with Crippen LogP contribution >= 0.6 is 15.9 Å². The Bertz CT molecular complexity index is 422. The molecular formula is C8H4BrF2NO3. The van der Waals surface area contributed by atoms with Gasteiger partial charge in [0.2, 0.25) is 5.78 Å². The van der Waals surface area contributed by atoms with Crippen molar-refractivity contribution in [3.8, 4) is 0 Å². The first-order valence-electron chi connectivity index (χ1n) is 3.70. The van der Waals surface area contributed by atoms with Crippen LogP contribution < -0.4 is 0 Å². The molecule has 0 saturated heterocycles. The average Bonchev–Trinajstić information content (AvgIpc) is 2.16. The van der Waals surface area contributed by atoms with Crippen LogP contribution in [0.15, 0.2) is 22.7 Å². The highest BCUT2D eigenvalue weighted by Gasteiger charge is 2.26. The maximum Gasteiger partial charge on any atom is 0.300 e. The summed E-state index contributed by atoms with van der Waals surface area (Å²) in [5, 5.41) is 10.5. The van der Waals surface area contributed by atoms with Gasteiger partial charge in [0, 0.05) is 10.5 Å². The molecule has 0 saturated carbocycles. The third-order valence-electron chi connectivity index (χ3n) is 1.62. The first kappa shape index (κ1) is 11.7. The van der Waals surface area contributed by atoms with Gasteiger partial charge in [-0.15, -0.1) is 0 Å². The standard InChI is InChI=1S/C8H4BrF2NO3/c9-4-1-2-5(7(13)8(10)11)6(3-4)12(14)15/h1-3,8H. The van der Waals surface area contributed by atoms with Crippen LogP contribution in [0.3, 0.4) is 0 Å². The molecule has 0 aliphatic heterocycles. The predicted octanol–water partition coefficient (Wildman–Crippen LogP) is 2.81. The number of ketones is 1. The number of Topliss-reactive ketones (excluding diaryl/α,β-unsaturated/α-hetero) is 1. The van der Waals surface area contributed by atoms with Crippen LogP contribution in [0.2, 0.25) is 0 Å². The lowest BCUT2D eigenvalue weighted by molar-refractivity contribution is -0.385. The molecule has 0 aromatic heterocycles. The molecule has 0 unspecified atom stereocenters. The van der Waals surface area contributed by atoms with Crippen molar-refractivity contribution in [1.29, 1.82) is 0 Å². The lowest BCUT2D eigenvalue weighted by Crippen LogP contribution is -2.12. The SMILES string of the molecule is O=C(c1ccc(Br)cc1[N+](=O)[O-])C(F)F. The number of rotatable bonds is 3. The molecule has 1 aromatic rings. The molecule has 1 aromatic carbocycles. The zero-order chi connectivity index (χ0) is 11.6. The van der Waals surface area contributed by atoms with Crippen LogP contribution in [-0.4, -0.2) is 17.1 Å². The zero-order valence-corrected chi connectivity index (χ0v) is 8.70. The Morgan fingerprint density at radius 2 is 2.07 bits per heavy atom. The van der Waals surface area contributed by atoms with Crippen LogP contribution in [0.5, 0.6) is 0 Å². The number of alkyl halides is 2. The number of carbonyl (C=O) groups is 1. The Morgan fingerprint density at radius 1 is 1.47 bits per heavy atom. The Labute approximate surface area is 91.2 Å². The fraction of sp³-hybridized carbons (Fsp3) is 0.125. The highest BCUT2D eigenvalue weighted by molar-refractivity contribution is 9.10. The second kappa shape index (κ2) is 4.43. The molecule has 1 rings (SSSR count). The molecule has 0 amide bonds. The van der Waals surface area contributed by atoms with Gasteiger partial charge in [-0.1, -0.05) is 15.9 Å². The normalized spacial score (nSPS) is 10.4. The van der Waals surface area contributed by atoms with E-state index < -0.39 is 28.4 Å². The molecule has 0 spiro atoms. The highest BCUT2D eigenvalue weighted by atomic mass is 79.9. The average molecular weight is 280 g/mol. The molecule has 7 heteroatoms. The number of hydrogen-bond donors (Lipinski definition) is 0. The fourth-order valence-corrected chi connectivity index (χ4v) is 1.33. The van der Waals surface area contributed by atoms with Crippen LogP contribution in [0.4, 0.5) is 14.5 Å². The predicted molar refractivity (Wildman–Crippen MR) is 51.1 cm³/mol. The molecule has 0 atom stereocenters. The number of nitrogens with zero attached hydrogens (tertiary/aromatic N) is 1. The van der Waals surface area contributed by atoms with Gasteiger partial charge in [0.1, 0.15) is 5.56 Å². The van der Waals surface area contributed by atoms with E-state index in [2.05, 4.69) is 15.9 Å². The van der Waals surface area contributed by atoms with E-state index in [9.17, 15) is 23.7 Å². The van der Waals surface area contributed by atoms with E-state index in [1.807, 2.05) is 0 Å². The molecule has 0 heterocycles. The van der Waals surface area contributed by atoms with Crippen molar-refractivity contribution in [2.45, 2.75) is 6.43 Å². The van der Waals surface area contributed by atoms with Crippen LogP contribution in [0.25, 0.3) is 0 Å². The van der Waals surface area contributed by atoms with E-state index in [-0.39, 0.29) is 0 Å². The monoisotopic (exact) mass is 279 g/mol. The number of nitro benzene ring substituents is 1. The Balaban J connectivity index is 3.29. The quantitative estimate of drug-likeness (QED) is 0.486. The van der Waals surface area contributed by atoms with Gasteiger partial charge in [0.25, 0.3) is 5.69 Å². The fourth-order valence-electron chi connectivity index (χ4n) is 0.982. The molecule has 0 radical (unpaired) electrons. The van der Waals surface area contributed by atoms with E-state index in [0.717, 1.165) is 12.1 Å². The number of halogens is 3. The van der Waals surface area contributed by atoms with E-state index in [1.165, 1.54) is 6.07 Å². The maximum absolute atomic E-state index is 12.1. The topological polar surface area (TPSA) is 60.2 Å². The van der Waals surface area contributed by atoms with E-state index >= 15 is 0 Å². The van der Waals surface area contributed by atoms with E-state index in [0.29, 0.717) is 4.47 Å². The van der Waals surface area contributed by atoms with E-state index in [4.69, 9.17) is 0 Å². The van der Waals surface area contributed by atoms with Crippen LogP contribution in [-0.2, 0) is 0 Å². The summed E-state index contributed by atoms with van der Waals surface area (Å²) in [5.74, 6) is -1.55. The summed E-state index contributed by atoms with van der Waals surface area (Å²) in [4.78, 5) is 20.5. The van der Waals surface area contributed by atoms with Crippen molar-refractivity contribution in [3.05, 3.63) is 38.3 Å². The van der Waals surface area contributed by atoms with Gasteiger partial charge in [0.05, 0.1) is 4.92 Å². The van der Waals surface area contributed by atoms with Gasteiger partial charge in [-0.25, -0.2) is 8.78 Å². The van der Waals surface area contributed by atoms with Gasteiger partial charge in [0.15, 0.2) is 0 Å². The van der Waals surface area contributed by atoms with Crippen LogP contribution in [0, 0.1) is 10.1 Å². The molecular weight excluding hydrogens is 276 g/mol. The molecule has 0 bridgehead atoms. The van der Waals surface area contributed by atoms with Gasteiger partial charge < -0.3 is 0 Å². The number of carbonyl (C=O) groups excluding carboxylic acids is 1. The third kappa shape index (κ3) is 2.56. The lowest BCUT2D eigenvalue weighted by Gasteiger charge is -2.01. The molecule has 0 aliphatic rings. The molecule has 0 N–H and O–H groups in total. The second-order valence-corrected chi connectivity index (χ2v) is 3.50. The summed E-state index contributed by atoms with van der Waals surface area (Å²) < 4.78 is 24.5. The van der Waals surface area contributed by atoms with Crippen molar-refractivity contribution < 1.29 is 18.5 Å². The van der Waals surface area contributed by atoms with Gasteiger partial charge in [-0.3, -0.25) is 14.9 Å². The molecule has 15 heavy (non-hydrogen) atoms. The third-order valence-corrected chi connectivity index (χ3v) is 2.11. The van der Waals surface area contributed by atoms with Crippen molar-refractivity contribution in [2.24, 2.45) is 0 Å². The van der Waals surface area contributed by atoms with Crippen molar-refractivity contribution in [3.63, 3.8) is 0 Å². The zero-order valence-electron chi connectivity index (χ0n) is 7.12. The minimum atomic E-state index is -3.25. The largest absolute Gasteiger partial charge is 0.300 e. The first-order valence-corrected chi connectivity index (χ1v) is 4.49. The maximum atomic E-state index is 12.1. The highest BCUT2D eigenvalue weighted by Crippen LogP contribution is 2.25. The first-order chi connectivity index (χ1) is 6.93. The summed E-state index contributed by atoms with van der Waals surface area (Å²) in [5.41, 5.74) is -1.21. The number of nitro groups is 1. The summed E-state index contributed by atoms with van der Waals surface area (Å²) in [7, 11) is 0. The minimum Gasteiger partial charge on any atom is -0.287 e. The Kier molecular flexibility index (Phi) is 3.46. The van der Waals surface area contributed by atoms with Gasteiger partial charge in [-0.2, -0.15) is 0 Å². The smallest absolute Gasteiger partial charge is 0.287 e. The van der Waals surface area contributed by atoms with Gasteiger partial charge >= 0.3 is 6.43 Å².